The van der Waals surface area contributed by atoms with Crippen molar-refractivity contribution in [3.8, 4) is 5.75 Å². The molecule has 2 heterocycles. The number of benzene rings is 2. The van der Waals surface area contributed by atoms with Gasteiger partial charge in [-0.2, -0.15) is 0 Å². The SMILES string of the molecule is COc1ccc2oc3c4cccc(C)c4oc(=O)c3c2c1. The highest BCUT2D eigenvalue weighted by Crippen LogP contribution is 2.34. The van der Waals surface area contributed by atoms with Crippen LogP contribution in [0.4, 0.5) is 0 Å². The fourth-order valence-electron chi connectivity index (χ4n) is 2.71. The van der Waals surface area contributed by atoms with Crippen LogP contribution in [-0.4, -0.2) is 7.11 Å². The quantitative estimate of drug-likeness (QED) is 0.494. The summed E-state index contributed by atoms with van der Waals surface area (Å²) < 4.78 is 16.6. The molecular weight excluding hydrogens is 268 g/mol. The monoisotopic (exact) mass is 280 g/mol. The van der Waals surface area contributed by atoms with Crippen LogP contribution in [0.3, 0.4) is 0 Å². The van der Waals surface area contributed by atoms with E-state index in [1.54, 1.807) is 25.3 Å². The molecule has 0 aliphatic rings. The minimum absolute atomic E-state index is 0.390. The number of hydrogen-bond acceptors (Lipinski definition) is 4. The standard InChI is InChI=1S/C17H12O4/c1-9-4-3-5-11-15(9)21-17(18)14-12-8-10(19-2)6-7-13(12)20-16(11)14/h3-8H,1-2H3. The summed E-state index contributed by atoms with van der Waals surface area (Å²) in [6.07, 6.45) is 0. The molecule has 0 spiro atoms. The number of rotatable bonds is 1. The van der Waals surface area contributed by atoms with E-state index in [4.69, 9.17) is 13.6 Å². The Morgan fingerprint density at radius 3 is 2.67 bits per heavy atom. The molecule has 4 rings (SSSR count). The van der Waals surface area contributed by atoms with Crippen LogP contribution in [0, 0.1) is 6.92 Å². The molecule has 4 nitrogen and oxygen atoms in total. The minimum Gasteiger partial charge on any atom is -0.497 e. The molecule has 0 amide bonds. The zero-order chi connectivity index (χ0) is 14.6. The summed E-state index contributed by atoms with van der Waals surface area (Å²) in [4.78, 5) is 12.4. The van der Waals surface area contributed by atoms with Gasteiger partial charge in [0.1, 0.15) is 22.3 Å². The molecule has 0 saturated carbocycles. The second-order valence-electron chi connectivity index (χ2n) is 5.01. The highest BCUT2D eigenvalue weighted by molar-refractivity contribution is 6.13. The zero-order valence-electron chi connectivity index (χ0n) is 11.6. The zero-order valence-corrected chi connectivity index (χ0v) is 11.6. The summed E-state index contributed by atoms with van der Waals surface area (Å²) >= 11 is 0. The van der Waals surface area contributed by atoms with E-state index in [0.29, 0.717) is 33.3 Å². The Bertz CT molecular complexity index is 1050. The lowest BCUT2D eigenvalue weighted by Gasteiger charge is -2.00. The van der Waals surface area contributed by atoms with Crippen LogP contribution in [0.2, 0.25) is 0 Å². The number of para-hydroxylation sites is 1. The topological polar surface area (TPSA) is 52.6 Å². The lowest BCUT2D eigenvalue weighted by molar-refractivity contribution is 0.415. The number of furan rings is 1. The normalized spacial score (nSPS) is 11.5. The van der Waals surface area contributed by atoms with E-state index in [0.717, 1.165) is 10.9 Å². The lowest BCUT2D eigenvalue weighted by Crippen LogP contribution is -1.99. The first kappa shape index (κ1) is 12.0. The summed E-state index contributed by atoms with van der Waals surface area (Å²) in [5.74, 6) is 0.675. The van der Waals surface area contributed by atoms with Crippen molar-refractivity contribution in [3.63, 3.8) is 0 Å². The summed E-state index contributed by atoms with van der Waals surface area (Å²) in [7, 11) is 1.59. The van der Waals surface area contributed by atoms with E-state index >= 15 is 0 Å². The second-order valence-corrected chi connectivity index (χ2v) is 5.01. The van der Waals surface area contributed by atoms with Crippen LogP contribution in [0.5, 0.6) is 5.75 Å². The van der Waals surface area contributed by atoms with Crippen molar-refractivity contribution in [2.24, 2.45) is 0 Å². The number of hydrogen-bond donors (Lipinski definition) is 0. The second kappa shape index (κ2) is 4.12. The maximum absolute atomic E-state index is 12.4. The third-order valence-corrected chi connectivity index (χ3v) is 3.75. The van der Waals surface area contributed by atoms with Gasteiger partial charge in [0.25, 0.3) is 0 Å². The Labute approximate surface area is 119 Å². The lowest BCUT2D eigenvalue weighted by atomic mass is 10.1. The molecule has 0 atom stereocenters. The molecule has 21 heavy (non-hydrogen) atoms. The number of ether oxygens (including phenoxy) is 1. The Morgan fingerprint density at radius 1 is 1.00 bits per heavy atom. The third-order valence-electron chi connectivity index (χ3n) is 3.75. The Kier molecular flexibility index (Phi) is 2.36. The minimum atomic E-state index is -0.390. The Balaban J connectivity index is 2.29. The van der Waals surface area contributed by atoms with E-state index in [2.05, 4.69) is 0 Å². The van der Waals surface area contributed by atoms with Crippen LogP contribution < -0.4 is 10.4 Å². The summed E-state index contributed by atoms with van der Waals surface area (Å²) in [5.41, 5.74) is 2.30. The van der Waals surface area contributed by atoms with Crippen molar-refractivity contribution in [1.82, 2.24) is 0 Å². The predicted octanol–water partition coefficient (Wildman–Crippen LogP) is 4.01. The van der Waals surface area contributed by atoms with Gasteiger partial charge in [-0.3, -0.25) is 0 Å². The van der Waals surface area contributed by atoms with Gasteiger partial charge in [0.15, 0.2) is 5.58 Å². The van der Waals surface area contributed by atoms with Crippen molar-refractivity contribution in [3.05, 3.63) is 52.4 Å². The van der Waals surface area contributed by atoms with Gasteiger partial charge in [0.05, 0.1) is 12.5 Å². The van der Waals surface area contributed by atoms with Crippen LogP contribution in [0.1, 0.15) is 5.56 Å². The van der Waals surface area contributed by atoms with Crippen LogP contribution in [0.15, 0.2) is 50.0 Å². The van der Waals surface area contributed by atoms with Gasteiger partial charge >= 0.3 is 5.63 Å². The fourth-order valence-corrected chi connectivity index (χ4v) is 2.71. The van der Waals surface area contributed by atoms with Gasteiger partial charge in [-0.25, -0.2) is 4.79 Å². The maximum atomic E-state index is 12.4. The molecule has 0 radical (unpaired) electrons. The van der Waals surface area contributed by atoms with Gasteiger partial charge in [-0.05, 0) is 36.8 Å². The molecule has 2 aromatic carbocycles. The van der Waals surface area contributed by atoms with E-state index in [1.807, 2.05) is 25.1 Å². The molecule has 0 unspecified atom stereocenters. The van der Waals surface area contributed by atoms with Gasteiger partial charge in [0.2, 0.25) is 0 Å². The molecule has 4 heteroatoms. The molecule has 0 saturated heterocycles. The fraction of sp³-hybridized carbons (Fsp3) is 0.118. The van der Waals surface area contributed by atoms with E-state index in [-0.39, 0.29) is 5.63 Å². The van der Waals surface area contributed by atoms with Gasteiger partial charge in [-0.1, -0.05) is 12.1 Å². The Hall–Kier alpha value is -2.75. The molecule has 4 aromatic rings. The third kappa shape index (κ3) is 1.59. The number of aryl methyl sites for hydroxylation is 1. The van der Waals surface area contributed by atoms with Crippen molar-refractivity contribution in [1.29, 1.82) is 0 Å². The first-order valence-electron chi connectivity index (χ1n) is 6.62. The molecule has 2 aromatic heterocycles. The van der Waals surface area contributed by atoms with Gasteiger partial charge in [-0.15, -0.1) is 0 Å². The number of fused-ring (bicyclic) bond motifs is 5. The first-order chi connectivity index (χ1) is 10.2. The van der Waals surface area contributed by atoms with Crippen molar-refractivity contribution >= 4 is 32.9 Å². The molecular formula is C17H12O4. The van der Waals surface area contributed by atoms with Crippen LogP contribution >= 0.6 is 0 Å². The molecule has 0 fully saturated rings. The summed E-state index contributed by atoms with van der Waals surface area (Å²) in [6, 6.07) is 11.1. The first-order valence-corrected chi connectivity index (χ1v) is 6.62. The maximum Gasteiger partial charge on any atom is 0.348 e. The van der Waals surface area contributed by atoms with E-state index in [1.165, 1.54) is 0 Å². The van der Waals surface area contributed by atoms with Crippen LogP contribution in [-0.2, 0) is 0 Å². The smallest absolute Gasteiger partial charge is 0.348 e. The molecule has 104 valence electrons. The average molecular weight is 280 g/mol. The van der Waals surface area contributed by atoms with E-state index < -0.39 is 0 Å². The van der Waals surface area contributed by atoms with Gasteiger partial charge < -0.3 is 13.6 Å². The van der Waals surface area contributed by atoms with Crippen molar-refractivity contribution in [2.45, 2.75) is 6.92 Å². The molecule has 0 bridgehead atoms. The average Bonchev–Trinajstić information content (AvgIpc) is 2.87. The molecule has 0 N–H and O–H groups in total. The largest absolute Gasteiger partial charge is 0.497 e. The summed E-state index contributed by atoms with van der Waals surface area (Å²) in [6.45, 7) is 1.91. The highest BCUT2D eigenvalue weighted by atomic mass is 16.5. The van der Waals surface area contributed by atoms with Crippen molar-refractivity contribution in [2.75, 3.05) is 7.11 Å². The van der Waals surface area contributed by atoms with Gasteiger partial charge in [0, 0.05) is 5.39 Å². The summed E-state index contributed by atoms with van der Waals surface area (Å²) in [5, 5.41) is 1.98. The molecule has 0 aliphatic carbocycles. The predicted molar refractivity (Wildman–Crippen MR) is 81.1 cm³/mol. The Morgan fingerprint density at radius 2 is 1.86 bits per heavy atom. The highest BCUT2D eigenvalue weighted by Gasteiger charge is 2.17. The number of methoxy groups -OCH3 is 1. The van der Waals surface area contributed by atoms with Crippen LogP contribution in [0.25, 0.3) is 32.9 Å². The van der Waals surface area contributed by atoms with Crippen molar-refractivity contribution < 1.29 is 13.6 Å². The molecule has 0 aliphatic heterocycles. The van der Waals surface area contributed by atoms with E-state index in [9.17, 15) is 4.79 Å².